The normalized spacial score (nSPS) is 12.6. The summed E-state index contributed by atoms with van der Waals surface area (Å²) in [6, 6.07) is 9.73. The van der Waals surface area contributed by atoms with Crippen LogP contribution in [0.1, 0.15) is 24.8 Å². The van der Waals surface area contributed by atoms with E-state index >= 15 is 0 Å². The van der Waals surface area contributed by atoms with Gasteiger partial charge in [-0.25, -0.2) is 4.98 Å². The van der Waals surface area contributed by atoms with E-state index in [0.29, 0.717) is 5.01 Å². The molecule has 0 saturated carbocycles. The topological polar surface area (TPSA) is 53.8 Å². The van der Waals surface area contributed by atoms with Crippen LogP contribution in [-0.2, 0) is 4.79 Å². The first-order chi connectivity index (χ1) is 8.13. The minimum atomic E-state index is -0.729. The van der Waals surface area contributed by atoms with Crippen LogP contribution >= 0.6 is 11.3 Å². The lowest BCUT2D eigenvalue weighted by Gasteiger charge is -2.06. The average molecular weight is 244 g/mol. The van der Waals surface area contributed by atoms with Gasteiger partial charge in [0.2, 0.25) is 0 Å². The van der Waals surface area contributed by atoms with Crippen molar-refractivity contribution in [2.75, 3.05) is 0 Å². The van der Waals surface area contributed by atoms with E-state index in [4.69, 9.17) is 5.26 Å². The molecule has 0 saturated heterocycles. The Balaban J connectivity index is 2.44. The summed E-state index contributed by atoms with van der Waals surface area (Å²) in [4.78, 5) is 16.3. The van der Waals surface area contributed by atoms with Crippen LogP contribution in [0.15, 0.2) is 24.3 Å². The Hall–Kier alpha value is -1.73. The predicted molar refractivity (Wildman–Crippen MR) is 67.8 cm³/mol. The summed E-state index contributed by atoms with van der Waals surface area (Å²) < 4.78 is 1.01. The summed E-state index contributed by atoms with van der Waals surface area (Å²) in [6.07, 6.45) is 0. The second-order valence-electron chi connectivity index (χ2n) is 4.14. The fourth-order valence-electron chi connectivity index (χ4n) is 1.59. The highest BCUT2D eigenvalue weighted by atomic mass is 32.1. The van der Waals surface area contributed by atoms with E-state index in [-0.39, 0.29) is 11.7 Å². The summed E-state index contributed by atoms with van der Waals surface area (Å²) in [5, 5.41) is 9.72. The monoisotopic (exact) mass is 244 g/mol. The molecule has 0 aliphatic heterocycles. The number of para-hydroxylation sites is 1. The molecule has 86 valence electrons. The Bertz CT molecular complexity index is 562. The number of nitrogens with zero attached hydrogens (tertiary/aromatic N) is 2. The Kier molecular flexibility index (Phi) is 3.21. The molecule has 4 heteroatoms. The number of fused-ring (bicyclic) bond motifs is 1. The van der Waals surface area contributed by atoms with Crippen LogP contribution in [0.3, 0.4) is 0 Å². The number of ketones is 1. The predicted octanol–water partition coefficient (Wildman–Crippen LogP) is 3.13. The Morgan fingerprint density at radius 2 is 2.12 bits per heavy atom. The van der Waals surface area contributed by atoms with Gasteiger partial charge in [0, 0.05) is 5.92 Å². The summed E-state index contributed by atoms with van der Waals surface area (Å²) in [6.45, 7) is 3.61. The zero-order chi connectivity index (χ0) is 12.4. The van der Waals surface area contributed by atoms with Crippen molar-refractivity contribution in [3.63, 3.8) is 0 Å². The number of carbonyl (C=O) groups is 1. The number of hydrogen-bond donors (Lipinski definition) is 0. The van der Waals surface area contributed by atoms with Crippen molar-refractivity contribution in [2.24, 2.45) is 5.92 Å². The molecule has 1 aromatic heterocycles. The molecule has 0 radical (unpaired) electrons. The quantitative estimate of drug-likeness (QED) is 0.833. The van der Waals surface area contributed by atoms with Gasteiger partial charge in [-0.05, 0) is 12.1 Å². The Morgan fingerprint density at radius 3 is 2.71 bits per heavy atom. The molecule has 0 aliphatic rings. The van der Waals surface area contributed by atoms with Gasteiger partial charge in [0.15, 0.2) is 11.7 Å². The molecule has 1 heterocycles. The molecular weight excluding hydrogens is 232 g/mol. The number of carbonyl (C=O) groups excluding carboxylic acids is 1. The first-order valence-corrected chi connectivity index (χ1v) is 6.24. The van der Waals surface area contributed by atoms with Crippen molar-refractivity contribution < 1.29 is 4.79 Å². The van der Waals surface area contributed by atoms with Crippen molar-refractivity contribution in [1.82, 2.24) is 4.98 Å². The van der Waals surface area contributed by atoms with E-state index in [9.17, 15) is 4.79 Å². The number of hydrogen-bond acceptors (Lipinski definition) is 4. The van der Waals surface area contributed by atoms with Gasteiger partial charge in [-0.1, -0.05) is 26.0 Å². The largest absolute Gasteiger partial charge is 0.297 e. The number of aromatic nitrogens is 1. The van der Waals surface area contributed by atoms with Gasteiger partial charge in [-0.2, -0.15) is 5.26 Å². The molecule has 17 heavy (non-hydrogen) atoms. The first kappa shape index (κ1) is 11.7. The van der Waals surface area contributed by atoms with Crippen molar-refractivity contribution in [3.8, 4) is 6.07 Å². The van der Waals surface area contributed by atoms with Crippen molar-refractivity contribution in [2.45, 2.75) is 19.8 Å². The maximum atomic E-state index is 11.9. The lowest BCUT2D eigenvalue weighted by Crippen LogP contribution is -2.16. The first-order valence-electron chi connectivity index (χ1n) is 5.42. The highest BCUT2D eigenvalue weighted by Gasteiger charge is 2.25. The molecule has 1 atom stereocenters. The van der Waals surface area contributed by atoms with Crippen LogP contribution in [0, 0.1) is 17.2 Å². The van der Waals surface area contributed by atoms with E-state index in [2.05, 4.69) is 11.1 Å². The van der Waals surface area contributed by atoms with Crippen molar-refractivity contribution >= 4 is 27.3 Å². The zero-order valence-corrected chi connectivity index (χ0v) is 10.5. The Morgan fingerprint density at radius 1 is 1.41 bits per heavy atom. The molecule has 0 N–H and O–H groups in total. The van der Waals surface area contributed by atoms with Crippen molar-refractivity contribution in [3.05, 3.63) is 29.3 Å². The molecule has 0 amide bonds. The molecular formula is C13H12N2OS. The third-order valence-corrected chi connectivity index (χ3v) is 3.64. The van der Waals surface area contributed by atoms with Crippen LogP contribution in [0.5, 0.6) is 0 Å². The van der Waals surface area contributed by atoms with Crippen LogP contribution in [0.2, 0.25) is 0 Å². The maximum absolute atomic E-state index is 11.9. The standard InChI is InChI=1S/C13H12N2OS/c1-8(2)12(16)9(7-14)13-15-10-5-3-4-6-11(10)17-13/h3-6,8-9H,1-2H3/t9-/m1/s1. The third kappa shape index (κ3) is 2.20. The molecule has 0 aliphatic carbocycles. The fourth-order valence-corrected chi connectivity index (χ4v) is 2.61. The SMILES string of the molecule is CC(C)C(=O)[C@@H](C#N)c1nc2ccccc2s1. The van der Waals surface area contributed by atoms with Crippen LogP contribution in [0.4, 0.5) is 0 Å². The zero-order valence-electron chi connectivity index (χ0n) is 9.68. The maximum Gasteiger partial charge on any atom is 0.159 e. The fraction of sp³-hybridized carbons (Fsp3) is 0.308. The Labute approximate surface area is 104 Å². The van der Waals surface area contributed by atoms with Crippen LogP contribution in [-0.4, -0.2) is 10.8 Å². The van der Waals surface area contributed by atoms with E-state index < -0.39 is 5.92 Å². The summed E-state index contributed by atoms with van der Waals surface area (Å²) in [5.74, 6) is -0.939. The molecule has 1 aromatic carbocycles. The van der Waals surface area contributed by atoms with Gasteiger partial charge in [0.1, 0.15) is 5.01 Å². The molecule has 3 nitrogen and oxygen atoms in total. The lowest BCUT2D eigenvalue weighted by atomic mass is 9.97. The summed E-state index contributed by atoms with van der Waals surface area (Å²) in [7, 11) is 0. The molecule has 2 rings (SSSR count). The summed E-state index contributed by atoms with van der Waals surface area (Å²) >= 11 is 1.42. The highest BCUT2D eigenvalue weighted by molar-refractivity contribution is 7.18. The smallest absolute Gasteiger partial charge is 0.159 e. The minimum Gasteiger partial charge on any atom is -0.297 e. The molecule has 0 spiro atoms. The lowest BCUT2D eigenvalue weighted by molar-refractivity contribution is -0.122. The third-order valence-electron chi connectivity index (χ3n) is 2.54. The van der Waals surface area contributed by atoms with Gasteiger partial charge in [-0.15, -0.1) is 11.3 Å². The summed E-state index contributed by atoms with van der Waals surface area (Å²) in [5.41, 5.74) is 0.851. The van der Waals surface area contributed by atoms with E-state index in [1.54, 1.807) is 13.8 Å². The number of rotatable bonds is 3. The van der Waals surface area contributed by atoms with Gasteiger partial charge >= 0.3 is 0 Å². The van der Waals surface area contributed by atoms with Gasteiger partial charge < -0.3 is 0 Å². The second-order valence-corrected chi connectivity index (χ2v) is 5.20. The molecule has 0 bridgehead atoms. The minimum absolute atomic E-state index is 0.0634. The number of thiazole rings is 1. The van der Waals surface area contributed by atoms with Crippen LogP contribution in [0.25, 0.3) is 10.2 Å². The molecule has 0 unspecified atom stereocenters. The van der Waals surface area contributed by atoms with Gasteiger partial charge in [-0.3, -0.25) is 4.79 Å². The van der Waals surface area contributed by atoms with Crippen LogP contribution < -0.4 is 0 Å². The number of nitriles is 1. The van der Waals surface area contributed by atoms with Crippen molar-refractivity contribution in [1.29, 1.82) is 5.26 Å². The number of benzene rings is 1. The molecule has 0 fully saturated rings. The van der Waals surface area contributed by atoms with E-state index in [0.717, 1.165) is 10.2 Å². The van der Waals surface area contributed by atoms with E-state index in [1.165, 1.54) is 11.3 Å². The average Bonchev–Trinajstić information content (AvgIpc) is 2.72. The van der Waals surface area contributed by atoms with Gasteiger partial charge in [0.05, 0.1) is 16.3 Å². The van der Waals surface area contributed by atoms with E-state index in [1.807, 2.05) is 24.3 Å². The van der Waals surface area contributed by atoms with Gasteiger partial charge in [0.25, 0.3) is 0 Å². The highest BCUT2D eigenvalue weighted by Crippen LogP contribution is 2.29. The number of Topliss-reactive ketones (excluding diaryl/α,β-unsaturated/α-hetero) is 1. The molecule has 2 aromatic rings. The second kappa shape index (κ2) is 4.64.